The highest BCUT2D eigenvalue weighted by Gasteiger charge is 2.13. The van der Waals surface area contributed by atoms with Crippen LogP contribution in [-0.4, -0.2) is 19.7 Å². The monoisotopic (exact) mass is 357 g/mol. The Morgan fingerprint density at radius 1 is 1.11 bits per heavy atom. The van der Waals surface area contributed by atoms with E-state index in [-0.39, 0.29) is 11.3 Å². The van der Waals surface area contributed by atoms with E-state index in [2.05, 4.69) is 10.2 Å². The molecule has 0 saturated carbocycles. The summed E-state index contributed by atoms with van der Waals surface area (Å²) in [6.07, 6.45) is 3.40. The lowest BCUT2D eigenvalue weighted by Crippen LogP contribution is -2.21. The molecule has 0 unspecified atom stereocenters. The van der Waals surface area contributed by atoms with Crippen LogP contribution in [0.3, 0.4) is 0 Å². The van der Waals surface area contributed by atoms with Crippen molar-refractivity contribution in [2.75, 3.05) is 0 Å². The molecule has 0 radical (unpaired) electrons. The van der Waals surface area contributed by atoms with Crippen LogP contribution >= 0.6 is 0 Å². The van der Waals surface area contributed by atoms with Gasteiger partial charge >= 0.3 is 0 Å². The summed E-state index contributed by atoms with van der Waals surface area (Å²) < 4.78 is 1.39. The van der Waals surface area contributed by atoms with E-state index in [0.29, 0.717) is 16.6 Å². The third kappa shape index (κ3) is 2.73. The van der Waals surface area contributed by atoms with Crippen LogP contribution in [0.1, 0.15) is 5.56 Å². The Bertz CT molecular complexity index is 1270. The lowest BCUT2D eigenvalue weighted by Gasteiger charge is -2.12. The molecule has 27 heavy (non-hydrogen) atoms. The van der Waals surface area contributed by atoms with E-state index in [9.17, 15) is 20.2 Å². The summed E-state index contributed by atoms with van der Waals surface area (Å²) in [5.74, 6) is 0. The molecule has 0 bridgehead atoms. The molecule has 1 N–H and O–H groups in total. The summed E-state index contributed by atoms with van der Waals surface area (Å²) in [5, 5.41) is 27.6. The molecule has 0 aliphatic rings. The van der Waals surface area contributed by atoms with Gasteiger partial charge in [0.1, 0.15) is 11.6 Å². The number of hydrogen-bond acceptors (Lipinski definition) is 5. The number of benzene rings is 2. The van der Waals surface area contributed by atoms with Gasteiger partial charge in [-0.2, -0.15) is 10.4 Å². The maximum Gasteiger partial charge on any atom is 0.273 e. The van der Waals surface area contributed by atoms with Gasteiger partial charge in [0.15, 0.2) is 0 Å². The van der Waals surface area contributed by atoms with Gasteiger partial charge in [-0.15, -0.1) is 0 Å². The first-order valence-corrected chi connectivity index (χ1v) is 7.92. The Morgan fingerprint density at radius 2 is 1.89 bits per heavy atom. The molecule has 0 saturated heterocycles. The summed E-state index contributed by atoms with van der Waals surface area (Å²) in [5.41, 5.74) is 2.16. The second kappa shape index (κ2) is 6.24. The first-order chi connectivity index (χ1) is 13.1. The van der Waals surface area contributed by atoms with Crippen molar-refractivity contribution in [3.05, 3.63) is 87.0 Å². The van der Waals surface area contributed by atoms with Crippen LogP contribution in [0.25, 0.3) is 27.7 Å². The van der Waals surface area contributed by atoms with E-state index < -0.39 is 10.5 Å². The predicted molar refractivity (Wildman–Crippen MR) is 98.5 cm³/mol. The lowest BCUT2D eigenvalue weighted by molar-refractivity contribution is -0.384. The molecule has 2 aromatic carbocycles. The van der Waals surface area contributed by atoms with Crippen molar-refractivity contribution in [1.29, 1.82) is 5.26 Å². The summed E-state index contributed by atoms with van der Waals surface area (Å²) in [6.45, 7) is 0. The van der Waals surface area contributed by atoms with Gasteiger partial charge in [-0.05, 0) is 29.8 Å². The molecular weight excluding hydrogens is 346 g/mol. The fraction of sp³-hybridized carbons (Fsp3) is 0. The van der Waals surface area contributed by atoms with Crippen LogP contribution in [0.4, 0.5) is 5.69 Å². The number of H-pyrrole nitrogens is 1. The second-order valence-corrected chi connectivity index (χ2v) is 5.84. The molecule has 0 aliphatic heterocycles. The molecule has 2 heterocycles. The smallest absolute Gasteiger partial charge is 0.273 e. The van der Waals surface area contributed by atoms with Crippen molar-refractivity contribution < 1.29 is 4.92 Å². The molecular formula is C19H11N5O3. The normalized spacial score (nSPS) is 10.6. The van der Waals surface area contributed by atoms with Crippen LogP contribution in [0.5, 0.6) is 0 Å². The average Bonchev–Trinajstić information content (AvgIpc) is 3.22. The van der Waals surface area contributed by atoms with Crippen LogP contribution < -0.4 is 5.56 Å². The van der Waals surface area contributed by atoms with Crippen molar-refractivity contribution in [3.8, 4) is 22.9 Å². The second-order valence-electron chi connectivity index (χ2n) is 5.84. The third-order valence-corrected chi connectivity index (χ3v) is 4.28. The maximum absolute atomic E-state index is 12.8. The molecule has 4 rings (SSSR count). The highest BCUT2D eigenvalue weighted by atomic mass is 16.6. The molecule has 130 valence electrons. The average molecular weight is 357 g/mol. The standard InChI is InChI=1S/C19H11N5O3/c20-9-14-7-13-2-1-12(15-10-21-22-11-15)8-18(13)23(19(14)25)16-3-5-17(6-4-16)24(26)27/h1-8,10-11H,(H,21,22). The zero-order valence-electron chi connectivity index (χ0n) is 13.8. The first kappa shape index (κ1) is 16.2. The predicted octanol–water partition coefficient (Wildman–Crippen LogP) is 3.16. The summed E-state index contributed by atoms with van der Waals surface area (Å²) in [7, 11) is 0. The van der Waals surface area contributed by atoms with E-state index in [1.54, 1.807) is 18.5 Å². The van der Waals surface area contributed by atoms with Gasteiger partial charge in [0, 0.05) is 35.0 Å². The van der Waals surface area contributed by atoms with Crippen LogP contribution in [0, 0.1) is 21.4 Å². The number of nitro groups is 1. The van der Waals surface area contributed by atoms with Gasteiger partial charge in [0.2, 0.25) is 0 Å². The number of rotatable bonds is 3. The molecule has 0 atom stereocenters. The van der Waals surface area contributed by atoms with E-state index in [1.807, 2.05) is 24.3 Å². The number of nitriles is 1. The zero-order valence-corrected chi connectivity index (χ0v) is 13.8. The highest BCUT2D eigenvalue weighted by molar-refractivity contribution is 5.86. The summed E-state index contributed by atoms with van der Waals surface area (Å²) >= 11 is 0. The Morgan fingerprint density at radius 3 is 2.52 bits per heavy atom. The Labute approximate surface area is 152 Å². The molecule has 8 heteroatoms. The van der Waals surface area contributed by atoms with Crippen molar-refractivity contribution in [2.45, 2.75) is 0 Å². The van der Waals surface area contributed by atoms with Crippen molar-refractivity contribution >= 4 is 16.6 Å². The minimum absolute atomic E-state index is 0.00286. The molecule has 8 nitrogen and oxygen atoms in total. The summed E-state index contributed by atoms with van der Waals surface area (Å²) in [4.78, 5) is 23.2. The number of aromatic nitrogens is 3. The van der Waals surface area contributed by atoms with Crippen molar-refractivity contribution in [3.63, 3.8) is 0 Å². The van der Waals surface area contributed by atoms with Gasteiger partial charge in [-0.1, -0.05) is 12.1 Å². The van der Waals surface area contributed by atoms with Crippen molar-refractivity contribution in [2.24, 2.45) is 0 Å². The number of nitrogens with one attached hydrogen (secondary N) is 1. The molecule has 0 aliphatic carbocycles. The minimum Gasteiger partial charge on any atom is -0.285 e. The fourth-order valence-corrected chi connectivity index (χ4v) is 2.95. The van der Waals surface area contributed by atoms with Gasteiger partial charge in [0.05, 0.1) is 16.6 Å². The minimum atomic E-state index is -0.507. The SMILES string of the molecule is N#Cc1cc2ccc(-c3cn[nH]c3)cc2n(-c2ccc([N+](=O)[O-])cc2)c1=O. The topological polar surface area (TPSA) is 118 Å². The number of nitrogens with zero attached hydrogens (tertiary/aromatic N) is 4. The highest BCUT2D eigenvalue weighted by Crippen LogP contribution is 2.25. The van der Waals surface area contributed by atoms with Gasteiger partial charge in [-0.25, -0.2) is 0 Å². The van der Waals surface area contributed by atoms with E-state index in [4.69, 9.17) is 0 Å². The molecule has 2 aromatic heterocycles. The third-order valence-electron chi connectivity index (χ3n) is 4.28. The Hall–Kier alpha value is -4.25. The number of hydrogen-bond donors (Lipinski definition) is 1. The van der Waals surface area contributed by atoms with Gasteiger partial charge < -0.3 is 0 Å². The number of non-ortho nitro benzene ring substituents is 1. The van der Waals surface area contributed by atoms with Crippen LogP contribution in [0.2, 0.25) is 0 Å². The number of pyridine rings is 1. The zero-order chi connectivity index (χ0) is 19.0. The van der Waals surface area contributed by atoms with Crippen molar-refractivity contribution in [1.82, 2.24) is 14.8 Å². The largest absolute Gasteiger partial charge is 0.285 e. The summed E-state index contributed by atoms with van der Waals surface area (Å²) in [6, 6.07) is 14.6. The Balaban J connectivity index is 2.02. The molecule has 0 fully saturated rings. The van der Waals surface area contributed by atoms with E-state index in [0.717, 1.165) is 11.1 Å². The molecule has 0 amide bonds. The van der Waals surface area contributed by atoms with E-state index >= 15 is 0 Å². The van der Waals surface area contributed by atoms with E-state index in [1.165, 1.54) is 28.8 Å². The van der Waals surface area contributed by atoms with Gasteiger partial charge in [-0.3, -0.25) is 24.6 Å². The van der Waals surface area contributed by atoms with Crippen LogP contribution in [-0.2, 0) is 0 Å². The Kier molecular flexibility index (Phi) is 3.75. The number of aromatic amines is 1. The van der Waals surface area contributed by atoms with Crippen LogP contribution in [0.15, 0.2) is 65.7 Å². The number of nitro benzene ring substituents is 1. The van der Waals surface area contributed by atoms with Gasteiger partial charge in [0.25, 0.3) is 11.2 Å². The lowest BCUT2D eigenvalue weighted by atomic mass is 10.0. The quantitative estimate of drug-likeness (QED) is 0.446. The first-order valence-electron chi connectivity index (χ1n) is 7.92. The fourth-order valence-electron chi connectivity index (χ4n) is 2.95. The maximum atomic E-state index is 12.8. The number of fused-ring (bicyclic) bond motifs is 1. The molecule has 4 aromatic rings. The molecule has 0 spiro atoms.